The molecular formula is C28H36N4O2. The molecule has 1 aromatic heterocycles. The number of anilines is 1. The Hall–Kier alpha value is -3.54. The number of phenolic OH excluding ortho intramolecular Hbond substituents is 1. The summed E-state index contributed by atoms with van der Waals surface area (Å²) in [7, 11) is 0. The molecule has 2 aromatic carbocycles. The molecule has 6 nitrogen and oxygen atoms in total. The van der Waals surface area contributed by atoms with E-state index in [1.807, 2.05) is 37.3 Å². The zero-order chi connectivity index (χ0) is 25.3. The lowest BCUT2D eigenvalue weighted by molar-refractivity contribution is 0.0939. The Bertz CT molecular complexity index is 1210. The van der Waals surface area contributed by atoms with Crippen molar-refractivity contribution in [1.82, 2.24) is 15.1 Å². The maximum atomic E-state index is 12.5. The number of nitrogens with zero attached hydrogens (tertiary/aromatic N) is 2. The number of carbonyl (C=O) groups excluding carboxylic acids is 1. The van der Waals surface area contributed by atoms with Gasteiger partial charge in [-0.1, -0.05) is 66.3 Å². The summed E-state index contributed by atoms with van der Waals surface area (Å²) in [4.78, 5) is 12.5. The molecule has 0 aliphatic heterocycles. The first-order valence-corrected chi connectivity index (χ1v) is 11.5. The summed E-state index contributed by atoms with van der Waals surface area (Å²) in [5, 5.41) is 21.0. The largest absolute Gasteiger partial charge is 0.506 e. The number of hydrogen-bond acceptors (Lipinski definition) is 4. The SMILES string of the molecule is C=C(Nc1cc(C(C)(C)C)ccc1O)c1ccc(C)c(-n2cc(C(=O)NCC(C)(C)C)cn2)c1. The molecule has 0 atom stereocenters. The number of amides is 1. The lowest BCUT2D eigenvalue weighted by atomic mass is 9.87. The molecule has 6 heteroatoms. The molecule has 3 N–H and O–H groups in total. The number of aryl methyl sites for hydroxylation is 1. The van der Waals surface area contributed by atoms with Crippen molar-refractivity contribution in [3.8, 4) is 11.4 Å². The number of phenols is 1. The van der Waals surface area contributed by atoms with E-state index in [0.717, 1.165) is 22.4 Å². The Morgan fingerprint density at radius 2 is 1.76 bits per heavy atom. The molecule has 0 fully saturated rings. The van der Waals surface area contributed by atoms with Gasteiger partial charge in [0.05, 0.1) is 23.1 Å². The maximum absolute atomic E-state index is 12.5. The van der Waals surface area contributed by atoms with E-state index in [1.165, 1.54) is 0 Å². The molecule has 3 aromatic rings. The van der Waals surface area contributed by atoms with E-state index in [-0.39, 0.29) is 22.5 Å². The second-order valence-corrected chi connectivity index (χ2v) is 11.0. The van der Waals surface area contributed by atoms with Crippen molar-refractivity contribution in [2.45, 2.75) is 53.9 Å². The predicted octanol–water partition coefficient (Wildman–Crippen LogP) is 6.04. The molecule has 0 saturated carbocycles. The van der Waals surface area contributed by atoms with Crippen molar-refractivity contribution in [1.29, 1.82) is 0 Å². The average Bonchev–Trinajstić information content (AvgIpc) is 3.22. The van der Waals surface area contributed by atoms with Crippen LogP contribution in [0.15, 0.2) is 55.4 Å². The normalized spacial score (nSPS) is 11.9. The van der Waals surface area contributed by atoms with Gasteiger partial charge in [-0.25, -0.2) is 4.68 Å². The van der Waals surface area contributed by atoms with Crippen molar-refractivity contribution in [3.05, 3.63) is 77.6 Å². The van der Waals surface area contributed by atoms with Gasteiger partial charge in [0.2, 0.25) is 0 Å². The maximum Gasteiger partial charge on any atom is 0.254 e. The summed E-state index contributed by atoms with van der Waals surface area (Å²) in [6, 6.07) is 11.5. The lowest BCUT2D eigenvalue weighted by Crippen LogP contribution is -2.32. The highest BCUT2D eigenvalue weighted by molar-refractivity contribution is 5.93. The van der Waals surface area contributed by atoms with Gasteiger partial charge in [0.15, 0.2) is 0 Å². The molecule has 180 valence electrons. The summed E-state index contributed by atoms with van der Waals surface area (Å²) in [6.07, 6.45) is 3.31. The van der Waals surface area contributed by atoms with Crippen LogP contribution in [0, 0.1) is 12.3 Å². The standard InChI is InChI=1S/C28H36N4O2/c1-18-9-10-20(19(2)31-23-14-22(28(6,7)8)11-12-25(23)33)13-24(18)32-16-21(15-30-32)26(34)29-17-27(3,4)5/h9-16,31,33H,2,17H2,1,3-8H3,(H,29,34). The highest BCUT2D eigenvalue weighted by Crippen LogP contribution is 2.33. The fraction of sp³-hybridized carbons (Fsp3) is 0.357. The van der Waals surface area contributed by atoms with Crippen molar-refractivity contribution in [2.24, 2.45) is 5.41 Å². The van der Waals surface area contributed by atoms with Crippen LogP contribution in [0.3, 0.4) is 0 Å². The van der Waals surface area contributed by atoms with Gasteiger partial charge >= 0.3 is 0 Å². The van der Waals surface area contributed by atoms with Crippen LogP contribution in [0.25, 0.3) is 11.4 Å². The van der Waals surface area contributed by atoms with E-state index < -0.39 is 0 Å². The van der Waals surface area contributed by atoms with Crippen molar-refractivity contribution < 1.29 is 9.90 Å². The molecule has 0 saturated heterocycles. The molecule has 34 heavy (non-hydrogen) atoms. The second kappa shape index (κ2) is 9.37. The summed E-state index contributed by atoms with van der Waals surface area (Å²) < 4.78 is 1.70. The molecular weight excluding hydrogens is 424 g/mol. The quantitative estimate of drug-likeness (QED) is 0.392. The molecule has 0 bridgehead atoms. The molecule has 0 aliphatic rings. The van der Waals surface area contributed by atoms with E-state index in [1.54, 1.807) is 23.1 Å². The van der Waals surface area contributed by atoms with Crippen LogP contribution in [0.1, 0.15) is 68.6 Å². The molecule has 0 spiro atoms. The van der Waals surface area contributed by atoms with Crippen LogP contribution in [-0.4, -0.2) is 27.3 Å². The van der Waals surface area contributed by atoms with Gasteiger partial charge in [-0.3, -0.25) is 4.79 Å². The Morgan fingerprint density at radius 1 is 1.06 bits per heavy atom. The third kappa shape index (κ3) is 6.07. The lowest BCUT2D eigenvalue weighted by Gasteiger charge is -2.21. The monoisotopic (exact) mass is 460 g/mol. The Morgan fingerprint density at radius 3 is 2.41 bits per heavy atom. The van der Waals surface area contributed by atoms with E-state index in [0.29, 0.717) is 23.5 Å². The molecule has 0 unspecified atom stereocenters. The van der Waals surface area contributed by atoms with Crippen molar-refractivity contribution >= 4 is 17.3 Å². The summed E-state index contributed by atoms with van der Waals surface area (Å²) in [5.41, 5.74) is 5.56. The first-order valence-electron chi connectivity index (χ1n) is 11.5. The second-order valence-electron chi connectivity index (χ2n) is 11.0. The van der Waals surface area contributed by atoms with Gasteiger partial charge in [0, 0.05) is 18.4 Å². The van der Waals surface area contributed by atoms with E-state index in [9.17, 15) is 9.90 Å². The number of nitrogens with one attached hydrogen (secondary N) is 2. The van der Waals surface area contributed by atoms with Crippen molar-refractivity contribution in [2.75, 3.05) is 11.9 Å². The zero-order valence-corrected chi connectivity index (χ0v) is 21.3. The molecule has 1 heterocycles. The Labute approximate surface area is 202 Å². The summed E-state index contributed by atoms with van der Waals surface area (Å²) in [5.74, 6) is 0.0229. The Balaban J connectivity index is 1.83. The van der Waals surface area contributed by atoms with E-state index in [2.05, 4.69) is 63.9 Å². The summed E-state index contributed by atoms with van der Waals surface area (Å²) in [6.45, 7) is 19.4. The van der Waals surface area contributed by atoms with E-state index in [4.69, 9.17) is 0 Å². The predicted molar refractivity (Wildman–Crippen MR) is 140 cm³/mol. The number of aromatic hydroxyl groups is 1. The highest BCUT2D eigenvalue weighted by Gasteiger charge is 2.17. The Kier molecular flexibility index (Phi) is 6.92. The van der Waals surface area contributed by atoms with Crippen LogP contribution in [-0.2, 0) is 5.41 Å². The zero-order valence-electron chi connectivity index (χ0n) is 21.3. The minimum absolute atomic E-state index is 0.00473. The van der Waals surface area contributed by atoms with Crippen molar-refractivity contribution in [3.63, 3.8) is 0 Å². The van der Waals surface area contributed by atoms with Crippen LogP contribution in [0.5, 0.6) is 5.75 Å². The van der Waals surface area contributed by atoms with Crippen LogP contribution in [0.2, 0.25) is 0 Å². The first kappa shape index (κ1) is 25.1. The topological polar surface area (TPSA) is 79.2 Å². The number of aromatic nitrogens is 2. The minimum atomic E-state index is -0.143. The smallest absolute Gasteiger partial charge is 0.254 e. The summed E-state index contributed by atoms with van der Waals surface area (Å²) >= 11 is 0. The first-order chi connectivity index (χ1) is 15.7. The highest BCUT2D eigenvalue weighted by atomic mass is 16.3. The number of benzene rings is 2. The molecule has 3 rings (SSSR count). The van der Waals surface area contributed by atoms with Gasteiger partial charge in [0.25, 0.3) is 5.91 Å². The van der Waals surface area contributed by atoms with Gasteiger partial charge < -0.3 is 15.7 Å². The fourth-order valence-electron chi connectivity index (χ4n) is 3.40. The minimum Gasteiger partial charge on any atom is -0.506 e. The van der Waals surface area contributed by atoms with Gasteiger partial charge in [0.1, 0.15) is 5.75 Å². The third-order valence-corrected chi connectivity index (χ3v) is 5.58. The van der Waals surface area contributed by atoms with E-state index >= 15 is 0 Å². The van der Waals surface area contributed by atoms with Gasteiger partial charge in [-0.15, -0.1) is 0 Å². The third-order valence-electron chi connectivity index (χ3n) is 5.58. The molecule has 0 radical (unpaired) electrons. The van der Waals surface area contributed by atoms with Crippen LogP contribution >= 0.6 is 0 Å². The molecule has 1 amide bonds. The number of carbonyl (C=O) groups is 1. The van der Waals surface area contributed by atoms with Gasteiger partial charge in [-0.2, -0.15) is 5.10 Å². The fourth-order valence-corrected chi connectivity index (χ4v) is 3.40. The van der Waals surface area contributed by atoms with Crippen LogP contribution < -0.4 is 10.6 Å². The van der Waals surface area contributed by atoms with Gasteiger partial charge in [-0.05, 0) is 52.6 Å². The average molecular weight is 461 g/mol. The van der Waals surface area contributed by atoms with Crippen LogP contribution in [0.4, 0.5) is 5.69 Å². The number of hydrogen-bond donors (Lipinski definition) is 3. The molecule has 0 aliphatic carbocycles. The number of rotatable bonds is 6.